The van der Waals surface area contributed by atoms with Crippen molar-refractivity contribution < 1.29 is 9.53 Å². The smallest absolute Gasteiger partial charge is 0.330 e. The number of hydrogen-bond donors (Lipinski definition) is 0. The summed E-state index contributed by atoms with van der Waals surface area (Å²) in [5, 5.41) is 0. The molecular weight excluding hydrogens is 164 g/mol. The zero-order chi connectivity index (χ0) is 10.1. The summed E-state index contributed by atoms with van der Waals surface area (Å²) in [6, 6.07) is 0. The number of carbonyl (C=O) groups is 1. The minimum absolute atomic E-state index is 0.0930. The molecule has 0 unspecified atom stereocenters. The molecule has 1 atom stereocenters. The molecule has 0 saturated heterocycles. The fraction of sp³-hybridized carbons (Fsp3) is 0.727. The zero-order valence-electron chi connectivity index (χ0n) is 8.71. The normalized spacial score (nSPS) is 12.2. The quantitative estimate of drug-likeness (QED) is 0.449. The summed E-state index contributed by atoms with van der Waals surface area (Å²) in [6.07, 6.45) is 6.58. The van der Waals surface area contributed by atoms with Gasteiger partial charge in [0.05, 0.1) is 0 Å². The van der Waals surface area contributed by atoms with E-state index >= 15 is 0 Å². The van der Waals surface area contributed by atoms with E-state index in [9.17, 15) is 4.79 Å². The Morgan fingerprint density at radius 3 is 2.54 bits per heavy atom. The second-order valence-corrected chi connectivity index (χ2v) is 3.19. The third-order valence-corrected chi connectivity index (χ3v) is 1.94. The first kappa shape index (κ1) is 12.2. The maximum atomic E-state index is 10.9. The fourth-order valence-corrected chi connectivity index (χ4v) is 1.23. The second-order valence-electron chi connectivity index (χ2n) is 3.19. The van der Waals surface area contributed by atoms with Crippen LogP contribution in [0.15, 0.2) is 12.7 Å². The summed E-state index contributed by atoms with van der Waals surface area (Å²) in [5.74, 6) is -0.297. The number of rotatable bonds is 7. The van der Waals surface area contributed by atoms with Gasteiger partial charge in [0.25, 0.3) is 0 Å². The van der Waals surface area contributed by atoms with Gasteiger partial charge in [-0.2, -0.15) is 0 Å². The first-order valence-corrected chi connectivity index (χ1v) is 5.07. The van der Waals surface area contributed by atoms with Crippen LogP contribution < -0.4 is 0 Å². The Morgan fingerprint density at radius 2 is 2.08 bits per heavy atom. The minimum Gasteiger partial charge on any atom is -0.459 e. The summed E-state index contributed by atoms with van der Waals surface area (Å²) >= 11 is 0. The van der Waals surface area contributed by atoms with Gasteiger partial charge in [0.15, 0.2) is 0 Å². The average molecular weight is 184 g/mol. The van der Waals surface area contributed by atoms with Crippen LogP contribution in [0.5, 0.6) is 0 Å². The van der Waals surface area contributed by atoms with Crippen LogP contribution in [0.3, 0.4) is 0 Å². The summed E-state index contributed by atoms with van der Waals surface area (Å²) in [5.41, 5.74) is 0. The number of ether oxygens (including phenoxy) is 1. The lowest BCUT2D eigenvalue weighted by atomic mass is 10.1. The molecule has 0 saturated carbocycles. The molecule has 0 rings (SSSR count). The third kappa shape index (κ3) is 6.38. The first-order valence-electron chi connectivity index (χ1n) is 5.07. The Hall–Kier alpha value is -0.790. The van der Waals surface area contributed by atoms with Gasteiger partial charge < -0.3 is 4.74 Å². The van der Waals surface area contributed by atoms with Crippen molar-refractivity contribution in [2.24, 2.45) is 0 Å². The molecule has 0 bridgehead atoms. The van der Waals surface area contributed by atoms with E-state index in [4.69, 9.17) is 4.74 Å². The second kappa shape index (κ2) is 7.84. The highest BCUT2D eigenvalue weighted by Gasteiger charge is 2.10. The summed E-state index contributed by atoms with van der Waals surface area (Å²) in [4.78, 5) is 10.9. The number of unbranched alkanes of at least 4 members (excludes halogenated alkanes) is 1. The van der Waals surface area contributed by atoms with Crippen LogP contribution in [0.1, 0.15) is 46.0 Å². The first-order chi connectivity index (χ1) is 6.24. The Labute approximate surface area is 81.0 Å². The zero-order valence-corrected chi connectivity index (χ0v) is 8.71. The SMILES string of the molecule is C=CC(=O)O[C@H](CCC)CCCC. The van der Waals surface area contributed by atoms with Crippen LogP contribution in [0, 0.1) is 0 Å². The van der Waals surface area contributed by atoms with Crippen molar-refractivity contribution in [3.8, 4) is 0 Å². The van der Waals surface area contributed by atoms with Crippen LogP contribution in [0.4, 0.5) is 0 Å². The standard InChI is InChI=1S/C11H20O2/c1-4-7-9-10(8-5-2)13-11(12)6-3/h6,10H,3-5,7-9H2,1-2H3/t10-/m1/s1. The van der Waals surface area contributed by atoms with Crippen LogP contribution in [0.25, 0.3) is 0 Å². The molecule has 0 radical (unpaired) electrons. The molecule has 2 heteroatoms. The van der Waals surface area contributed by atoms with Crippen LogP contribution in [-0.2, 0) is 9.53 Å². The lowest BCUT2D eigenvalue weighted by molar-refractivity contribution is -0.143. The van der Waals surface area contributed by atoms with Crippen molar-refractivity contribution in [2.45, 2.75) is 52.1 Å². The Balaban J connectivity index is 3.78. The molecule has 0 aliphatic rings. The number of carbonyl (C=O) groups excluding carboxylic acids is 1. The van der Waals surface area contributed by atoms with E-state index in [1.54, 1.807) is 0 Å². The molecule has 0 aromatic heterocycles. The van der Waals surface area contributed by atoms with Crippen LogP contribution >= 0.6 is 0 Å². The maximum absolute atomic E-state index is 10.9. The van der Waals surface area contributed by atoms with Crippen molar-refractivity contribution in [1.29, 1.82) is 0 Å². The molecule has 0 fully saturated rings. The third-order valence-electron chi connectivity index (χ3n) is 1.94. The molecule has 0 aromatic carbocycles. The van der Waals surface area contributed by atoms with Gasteiger partial charge >= 0.3 is 5.97 Å². The molecule has 0 spiro atoms. The van der Waals surface area contributed by atoms with E-state index in [1.807, 2.05) is 0 Å². The maximum Gasteiger partial charge on any atom is 0.330 e. The predicted octanol–water partition coefficient (Wildman–Crippen LogP) is 3.07. The van der Waals surface area contributed by atoms with E-state index in [-0.39, 0.29) is 12.1 Å². The molecule has 0 N–H and O–H groups in total. The molecule has 0 aliphatic heterocycles. The van der Waals surface area contributed by atoms with Gasteiger partial charge in [-0.05, 0) is 12.8 Å². The number of hydrogen-bond acceptors (Lipinski definition) is 2. The number of esters is 1. The lowest BCUT2D eigenvalue weighted by Crippen LogP contribution is -2.16. The predicted molar refractivity (Wildman–Crippen MR) is 54.5 cm³/mol. The van der Waals surface area contributed by atoms with Gasteiger partial charge in [0, 0.05) is 6.08 Å². The summed E-state index contributed by atoms with van der Waals surface area (Å²) in [7, 11) is 0. The Kier molecular flexibility index (Phi) is 7.36. The molecule has 0 heterocycles. The monoisotopic (exact) mass is 184 g/mol. The Bertz CT molecular complexity index is 152. The van der Waals surface area contributed by atoms with E-state index in [1.165, 1.54) is 6.08 Å². The summed E-state index contributed by atoms with van der Waals surface area (Å²) < 4.78 is 5.19. The molecule has 76 valence electrons. The molecule has 2 nitrogen and oxygen atoms in total. The van der Waals surface area contributed by atoms with Crippen molar-refractivity contribution >= 4 is 5.97 Å². The van der Waals surface area contributed by atoms with Gasteiger partial charge in [0.1, 0.15) is 6.10 Å². The summed E-state index contributed by atoms with van der Waals surface area (Å²) in [6.45, 7) is 7.61. The van der Waals surface area contributed by atoms with Crippen LogP contribution in [0.2, 0.25) is 0 Å². The Morgan fingerprint density at radius 1 is 1.38 bits per heavy atom. The average Bonchev–Trinajstić information content (AvgIpc) is 2.14. The minimum atomic E-state index is -0.297. The van der Waals surface area contributed by atoms with Crippen molar-refractivity contribution in [1.82, 2.24) is 0 Å². The van der Waals surface area contributed by atoms with E-state index in [0.29, 0.717) is 0 Å². The van der Waals surface area contributed by atoms with E-state index < -0.39 is 0 Å². The lowest BCUT2D eigenvalue weighted by Gasteiger charge is -2.15. The molecular formula is C11H20O2. The van der Waals surface area contributed by atoms with Gasteiger partial charge in [0.2, 0.25) is 0 Å². The molecule has 0 aromatic rings. The van der Waals surface area contributed by atoms with Gasteiger partial charge in [-0.25, -0.2) is 4.79 Å². The van der Waals surface area contributed by atoms with Gasteiger partial charge in [-0.1, -0.05) is 39.7 Å². The van der Waals surface area contributed by atoms with E-state index in [2.05, 4.69) is 20.4 Å². The fourth-order valence-electron chi connectivity index (χ4n) is 1.23. The highest BCUT2D eigenvalue weighted by molar-refractivity contribution is 5.81. The highest BCUT2D eigenvalue weighted by Crippen LogP contribution is 2.11. The molecule has 0 amide bonds. The molecule has 13 heavy (non-hydrogen) atoms. The topological polar surface area (TPSA) is 26.3 Å². The van der Waals surface area contributed by atoms with Gasteiger partial charge in [-0.3, -0.25) is 0 Å². The van der Waals surface area contributed by atoms with Crippen molar-refractivity contribution in [2.75, 3.05) is 0 Å². The largest absolute Gasteiger partial charge is 0.459 e. The van der Waals surface area contributed by atoms with E-state index in [0.717, 1.165) is 32.1 Å². The van der Waals surface area contributed by atoms with Gasteiger partial charge in [-0.15, -0.1) is 0 Å². The van der Waals surface area contributed by atoms with Crippen LogP contribution in [-0.4, -0.2) is 12.1 Å². The highest BCUT2D eigenvalue weighted by atomic mass is 16.5. The van der Waals surface area contributed by atoms with Crippen molar-refractivity contribution in [3.63, 3.8) is 0 Å². The van der Waals surface area contributed by atoms with Crippen molar-refractivity contribution in [3.05, 3.63) is 12.7 Å². The molecule has 0 aliphatic carbocycles.